The number of nitrogens with one attached hydrogen (secondary N) is 1. The van der Waals surface area contributed by atoms with Gasteiger partial charge < -0.3 is 15.2 Å². The quantitative estimate of drug-likeness (QED) is 0.674. The van der Waals surface area contributed by atoms with Crippen LogP contribution in [0.2, 0.25) is 0 Å². The van der Waals surface area contributed by atoms with Crippen LogP contribution in [0.1, 0.15) is 12.1 Å². The predicted molar refractivity (Wildman–Crippen MR) is 54.1 cm³/mol. The van der Waals surface area contributed by atoms with Crippen molar-refractivity contribution in [2.75, 3.05) is 20.3 Å². The summed E-state index contributed by atoms with van der Waals surface area (Å²) in [5.74, 6) is 0. The van der Waals surface area contributed by atoms with E-state index in [0.717, 1.165) is 5.69 Å². The van der Waals surface area contributed by atoms with Crippen LogP contribution in [0.25, 0.3) is 0 Å². The lowest BCUT2D eigenvalue weighted by atomic mass is 10.2. The Morgan fingerprint density at radius 2 is 2.57 bits per heavy atom. The Hall–Kier alpha value is -0.560. The molecule has 0 aliphatic rings. The first-order chi connectivity index (χ1) is 6.86. The Balaban J connectivity index is 2.25. The minimum Gasteiger partial charge on any atom is -0.396 e. The number of aliphatic hydroxyl groups excluding tert-OH is 1. The summed E-state index contributed by atoms with van der Waals surface area (Å²) in [5, 5.41) is 17.9. The molecule has 0 aliphatic carbocycles. The van der Waals surface area contributed by atoms with Gasteiger partial charge in [-0.25, -0.2) is 0 Å². The summed E-state index contributed by atoms with van der Waals surface area (Å²) >= 11 is 1.34. The van der Waals surface area contributed by atoms with Crippen molar-refractivity contribution in [1.29, 1.82) is 0 Å². The SMILES string of the molecule is COCC(CCO)NCc1csnn1. The second-order valence-electron chi connectivity index (χ2n) is 2.94. The molecule has 1 unspecified atom stereocenters. The highest BCUT2D eigenvalue weighted by atomic mass is 32.1. The molecule has 1 atom stereocenters. The largest absolute Gasteiger partial charge is 0.396 e. The zero-order valence-corrected chi connectivity index (χ0v) is 8.96. The average Bonchev–Trinajstić information content (AvgIpc) is 2.67. The highest BCUT2D eigenvalue weighted by Gasteiger charge is 2.07. The van der Waals surface area contributed by atoms with Crippen molar-refractivity contribution in [3.05, 3.63) is 11.1 Å². The third kappa shape index (κ3) is 4.10. The third-order valence-corrected chi connectivity index (χ3v) is 2.38. The molecule has 0 bridgehead atoms. The summed E-state index contributed by atoms with van der Waals surface area (Å²) in [6.45, 7) is 1.43. The summed E-state index contributed by atoms with van der Waals surface area (Å²) < 4.78 is 8.78. The van der Waals surface area contributed by atoms with Crippen molar-refractivity contribution in [3.63, 3.8) is 0 Å². The van der Waals surface area contributed by atoms with E-state index in [4.69, 9.17) is 9.84 Å². The number of methoxy groups -OCH3 is 1. The van der Waals surface area contributed by atoms with Crippen LogP contribution in [-0.4, -0.2) is 41.1 Å². The van der Waals surface area contributed by atoms with Crippen LogP contribution < -0.4 is 5.32 Å². The van der Waals surface area contributed by atoms with Gasteiger partial charge in [-0.3, -0.25) is 0 Å². The molecule has 5 nitrogen and oxygen atoms in total. The molecule has 0 saturated heterocycles. The number of nitrogens with zero attached hydrogens (tertiary/aromatic N) is 2. The van der Waals surface area contributed by atoms with Gasteiger partial charge in [0, 0.05) is 31.7 Å². The number of rotatable bonds is 7. The molecule has 0 saturated carbocycles. The lowest BCUT2D eigenvalue weighted by Crippen LogP contribution is -2.33. The fourth-order valence-electron chi connectivity index (χ4n) is 1.11. The predicted octanol–water partition coefficient (Wildman–Crippen LogP) is 0.0251. The van der Waals surface area contributed by atoms with Crippen LogP contribution in [0.15, 0.2) is 5.38 Å². The second-order valence-corrected chi connectivity index (χ2v) is 3.55. The molecule has 2 N–H and O–H groups in total. The molecule has 1 aromatic rings. The van der Waals surface area contributed by atoms with E-state index in [1.165, 1.54) is 11.5 Å². The minimum absolute atomic E-state index is 0.163. The van der Waals surface area contributed by atoms with Gasteiger partial charge in [0.1, 0.15) is 0 Å². The summed E-state index contributed by atoms with van der Waals surface area (Å²) in [6.07, 6.45) is 0.686. The molecule has 0 aromatic carbocycles. The normalized spacial score (nSPS) is 13.0. The van der Waals surface area contributed by atoms with E-state index in [1.807, 2.05) is 5.38 Å². The van der Waals surface area contributed by atoms with Gasteiger partial charge in [0.2, 0.25) is 0 Å². The molecule has 1 heterocycles. The molecule has 0 radical (unpaired) electrons. The summed E-state index contributed by atoms with van der Waals surface area (Å²) in [6, 6.07) is 0.173. The Bertz CT molecular complexity index is 225. The van der Waals surface area contributed by atoms with E-state index in [-0.39, 0.29) is 12.6 Å². The molecule has 6 heteroatoms. The number of aromatic nitrogens is 2. The van der Waals surface area contributed by atoms with Gasteiger partial charge in [-0.1, -0.05) is 4.49 Å². The molecule has 14 heavy (non-hydrogen) atoms. The first-order valence-corrected chi connectivity index (χ1v) is 5.29. The summed E-state index contributed by atoms with van der Waals surface area (Å²) in [5.41, 5.74) is 0.925. The number of hydrogen-bond acceptors (Lipinski definition) is 6. The summed E-state index contributed by atoms with van der Waals surface area (Å²) in [7, 11) is 1.65. The van der Waals surface area contributed by atoms with Gasteiger partial charge in [0.05, 0.1) is 12.3 Å². The maximum atomic E-state index is 8.80. The number of ether oxygens (including phenoxy) is 1. The van der Waals surface area contributed by atoms with Gasteiger partial charge >= 0.3 is 0 Å². The molecule has 80 valence electrons. The van der Waals surface area contributed by atoms with E-state index in [2.05, 4.69) is 14.9 Å². The van der Waals surface area contributed by atoms with Gasteiger partial charge in [0.25, 0.3) is 0 Å². The van der Waals surface area contributed by atoms with Gasteiger partial charge in [-0.15, -0.1) is 5.10 Å². The van der Waals surface area contributed by atoms with Gasteiger partial charge in [-0.05, 0) is 18.0 Å². The molecule has 1 aromatic heterocycles. The fourth-order valence-corrected chi connectivity index (χ4v) is 1.56. The van der Waals surface area contributed by atoms with E-state index in [9.17, 15) is 0 Å². The first kappa shape index (κ1) is 11.5. The summed E-state index contributed by atoms with van der Waals surface area (Å²) in [4.78, 5) is 0. The smallest absolute Gasteiger partial charge is 0.0893 e. The fraction of sp³-hybridized carbons (Fsp3) is 0.750. The highest BCUT2D eigenvalue weighted by molar-refractivity contribution is 7.03. The Morgan fingerprint density at radius 3 is 3.14 bits per heavy atom. The van der Waals surface area contributed by atoms with Crippen LogP contribution in [0.4, 0.5) is 0 Å². The highest BCUT2D eigenvalue weighted by Crippen LogP contribution is 1.98. The second kappa shape index (κ2) is 6.83. The van der Waals surface area contributed by atoms with E-state index >= 15 is 0 Å². The maximum Gasteiger partial charge on any atom is 0.0893 e. The zero-order valence-electron chi connectivity index (χ0n) is 8.14. The van der Waals surface area contributed by atoms with E-state index in [0.29, 0.717) is 19.6 Å². The molecule has 0 fully saturated rings. The lowest BCUT2D eigenvalue weighted by molar-refractivity contribution is 0.148. The number of hydrogen-bond donors (Lipinski definition) is 2. The topological polar surface area (TPSA) is 67.3 Å². The third-order valence-electron chi connectivity index (χ3n) is 1.82. The van der Waals surface area contributed by atoms with Crippen molar-refractivity contribution in [1.82, 2.24) is 14.9 Å². The minimum atomic E-state index is 0.163. The lowest BCUT2D eigenvalue weighted by Gasteiger charge is -2.15. The van der Waals surface area contributed by atoms with Crippen LogP contribution in [-0.2, 0) is 11.3 Å². The van der Waals surface area contributed by atoms with Crippen LogP contribution in [0.3, 0.4) is 0 Å². The van der Waals surface area contributed by atoms with Crippen LogP contribution in [0, 0.1) is 0 Å². The number of aliphatic hydroxyl groups is 1. The molecular formula is C8H15N3O2S. The van der Waals surface area contributed by atoms with Crippen molar-refractivity contribution in [3.8, 4) is 0 Å². The Labute approximate surface area is 87.3 Å². The van der Waals surface area contributed by atoms with Crippen molar-refractivity contribution < 1.29 is 9.84 Å². The van der Waals surface area contributed by atoms with E-state index < -0.39 is 0 Å². The molecule has 0 aliphatic heterocycles. The van der Waals surface area contributed by atoms with Crippen LogP contribution in [0.5, 0.6) is 0 Å². The monoisotopic (exact) mass is 217 g/mol. The van der Waals surface area contributed by atoms with Crippen molar-refractivity contribution >= 4 is 11.5 Å². The Kier molecular flexibility index (Phi) is 5.62. The standard InChI is InChI=1S/C8H15N3O2S/c1-13-5-7(2-3-12)9-4-8-6-14-11-10-8/h6-7,9,12H,2-5H2,1H3. The zero-order chi connectivity index (χ0) is 10.2. The van der Waals surface area contributed by atoms with Gasteiger partial charge in [0.15, 0.2) is 0 Å². The molecule has 0 spiro atoms. The van der Waals surface area contributed by atoms with E-state index in [1.54, 1.807) is 7.11 Å². The average molecular weight is 217 g/mol. The molecule has 0 amide bonds. The van der Waals surface area contributed by atoms with Crippen molar-refractivity contribution in [2.24, 2.45) is 0 Å². The maximum absolute atomic E-state index is 8.80. The van der Waals surface area contributed by atoms with Crippen LogP contribution >= 0.6 is 11.5 Å². The molecular weight excluding hydrogens is 202 g/mol. The first-order valence-electron chi connectivity index (χ1n) is 4.46. The van der Waals surface area contributed by atoms with Gasteiger partial charge in [-0.2, -0.15) is 0 Å². The molecule has 1 rings (SSSR count). The Morgan fingerprint density at radius 1 is 1.71 bits per heavy atom. The van der Waals surface area contributed by atoms with Crippen molar-refractivity contribution in [2.45, 2.75) is 19.0 Å².